The lowest BCUT2D eigenvalue weighted by Gasteiger charge is -2.13. The Kier molecular flexibility index (Phi) is 6.15. The first kappa shape index (κ1) is 19.7. The summed E-state index contributed by atoms with van der Waals surface area (Å²) in [5.74, 6) is 0.339. The van der Waals surface area contributed by atoms with Gasteiger partial charge in [-0.3, -0.25) is 10.1 Å². The molecule has 3 amide bonds. The highest BCUT2D eigenvalue weighted by molar-refractivity contribution is 8.00. The fourth-order valence-corrected chi connectivity index (χ4v) is 3.37. The van der Waals surface area contributed by atoms with Gasteiger partial charge in [-0.25, -0.2) is 4.79 Å². The number of amides is 3. The Morgan fingerprint density at radius 1 is 1.29 bits per heavy atom. The van der Waals surface area contributed by atoms with Gasteiger partial charge in [0.1, 0.15) is 12.1 Å². The summed E-state index contributed by atoms with van der Waals surface area (Å²) in [6.07, 6.45) is 3.17. The quantitative estimate of drug-likeness (QED) is 0.616. The Morgan fingerprint density at radius 3 is 2.82 bits per heavy atom. The van der Waals surface area contributed by atoms with Crippen molar-refractivity contribution in [2.45, 2.75) is 37.7 Å². The van der Waals surface area contributed by atoms with Crippen molar-refractivity contribution in [2.24, 2.45) is 0 Å². The fourth-order valence-electron chi connectivity index (χ4n) is 2.55. The second-order valence-electron chi connectivity index (χ2n) is 6.34. The van der Waals surface area contributed by atoms with Crippen LogP contribution >= 0.6 is 11.8 Å². The van der Waals surface area contributed by atoms with Crippen LogP contribution in [-0.4, -0.2) is 32.0 Å². The van der Waals surface area contributed by atoms with Gasteiger partial charge in [0.25, 0.3) is 0 Å². The van der Waals surface area contributed by atoms with Crippen LogP contribution in [0.2, 0.25) is 0 Å². The molecule has 0 saturated carbocycles. The van der Waals surface area contributed by atoms with Crippen LogP contribution in [-0.2, 0) is 11.3 Å². The zero-order valence-corrected chi connectivity index (χ0v) is 16.6. The molecule has 28 heavy (non-hydrogen) atoms. The molecule has 0 fully saturated rings. The van der Waals surface area contributed by atoms with Crippen molar-refractivity contribution < 1.29 is 14.0 Å². The van der Waals surface area contributed by atoms with Gasteiger partial charge in [0.05, 0.1) is 18.1 Å². The Morgan fingerprint density at radius 2 is 2.11 bits per heavy atom. The van der Waals surface area contributed by atoms with Crippen LogP contribution in [0.4, 0.5) is 10.5 Å². The number of nitrogens with zero attached hydrogens (tertiary/aromatic N) is 3. The smallest absolute Gasteiger partial charge is 0.325 e. The van der Waals surface area contributed by atoms with E-state index in [1.165, 1.54) is 11.8 Å². The highest BCUT2D eigenvalue weighted by Crippen LogP contribution is 2.22. The van der Waals surface area contributed by atoms with Crippen molar-refractivity contribution in [3.63, 3.8) is 0 Å². The maximum Gasteiger partial charge on any atom is 0.325 e. The highest BCUT2D eigenvalue weighted by Gasteiger charge is 2.20. The number of thioether (sulfide) groups is 1. The highest BCUT2D eigenvalue weighted by atomic mass is 32.2. The Bertz CT molecular complexity index is 968. The van der Waals surface area contributed by atoms with Crippen LogP contribution in [0.25, 0.3) is 0 Å². The van der Waals surface area contributed by atoms with E-state index in [2.05, 4.69) is 20.8 Å². The van der Waals surface area contributed by atoms with Gasteiger partial charge in [-0.15, -0.1) is 10.2 Å². The van der Waals surface area contributed by atoms with Gasteiger partial charge in [-0.1, -0.05) is 29.5 Å². The standard InChI is InChI=1S/C19H21N5O3S/c1-12-6-7-16(13(2)9-12)21-18(26)22-17(25)14(3)28-19-23-20-11-24(19)10-15-5-4-8-27-15/h4-9,11,14H,10H2,1-3H3,(H2,21,22,25,26). The first-order valence-electron chi connectivity index (χ1n) is 8.68. The normalized spacial score (nSPS) is 11.8. The summed E-state index contributed by atoms with van der Waals surface area (Å²) in [5, 5.41) is 13.0. The second-order valence-corrected chi connectivity index (χ2v) is 7.65. The van der Waals surface area contributed by atoms with E-state index in [0.29, 0.717) is 17.4 Å². The lowest BCUT2D eigenvalue weighted by molar-refractivity contribution is -0.119. The summed E-state index contributed by atoms with van der Waals surface area (Å²) in [5.41, 5.74) is 2.69. The van der Waals surface area contributed by atoms with Gasteiger partial charge in [0, 0.05) is 5.69 Å². The molecule has 1 unspecified atom stereocenters. The third-order valence-corrected chi connectivity index (χ3v) is 5.10. The number of rotatable bonds is 6. The van der Waals surface area contributed by atoms with E-state index in [-0.39, 0.29) is 0 Å². The van der Waals surface area contributed by atoms with Crippen LogP contribution in [0.3, 0.4) is 0 Å². The molecule has 2 N–H and O–H groups in total. The van der Waals surface area contributed by atoms with E-state index in [1.54, 1.807) is 30.1 Å². The van der Waals surface area contributed by atoms with Crippen LogP contribution in [0, 0.1) is 13.8 Å². The number of nitrogens with one attached hydrogen (secondary N) is 2. The van der Waals surface area contributed by atoms with Gasteiger partial charge < -0.3 is 14.3 Å². The SMILES string of the molecule is Cc1ccc(NC(=O)NC(=O)C(C)Sc2nncn2Cc2ccco2)c(C)c1. The molecule has 9 heteroatoms. The lowest BCUT2D eigenvalue weighted by Crippen LogP contribution is -2.39. The molecule has 8 nitrogen and oxygen atoms in total. The van der Waals surface area contributed by atoms with Crippen molar-refractivity contribution in [1.29, 1.82) is 0 Å². The number of urea groups is 1. The number of benzene rings is 1. The number of aromatic nitrogens is 3. The minimum Gasteiger partial charge on any atom is -0.467 e. The molecule has 3 rings (SSSR count). The monoisotopic (exact) mass is 399 g/mol. The molecule has 146 valence electrons. The average Bonchev–Trinajstić information content (AvgIpc) is 3.30. The number of carbonyl (C=O) groups excluding carboxylic acids is 2. The van der Waals surface area contributed by atoms with E-state index in [4.69, 9.17) is 4.42 Å². The summed E-state index contributed by atoms with van der Waals surface area (Å²) in [6.45, 7) is 6.04. The van der Waals surface area contributed by atoms with Crippen molar-refractivity contribution in [1.82, 2.24) is 20.1 Å². The molecule has 2 heterocycles. The Hall–Kier alpha value is -3.07. The number of anilines is 1. The molecule has 1 atom stereocenters. The van der Waals surface area contributed by atoms with E-state index < -0.39 is 17.2 Å². The second kappa shape index (κ2) is 8.75. The molecule has 0 saturated heterocycles. The number of aryl methyl sites for hydroxylation is 2. The summed E-state index contributed by atoms with van der Waals surface area (Å²) >= 11 is 1.22. The third kappa shape index (κ3) is 5.01. The van der Waals surface area contributed by atoms with Crippen LogP contribution < -0.4 is 10.6 Å². The van der Waals surface area contributed by atoms with Gasteiger partial charge >= 0.3 is 6.03 Å². The molecule has 0 bridgehead atoms. The lowest BCUT2D eigenvalue weighted by atomic mass is 10.1. The Labute approximate surface area is 166 Å². The van der Waals surface area contributed by atoms with E-state index in [1.807, 2.05) is 38.1 Å². The van der Waals surface area contributed by atoms with Crippen molar-refractivity contribution in [3.8, 4) is 0 Å². The van der Waals surface area contributed by atoms with E-state index in [0.717, 1.165) is 16.9 Å². The van der Waals surface area contributed by atoms with Crippen LogP contribution in [0.15, 0.2) is 52.5 Å². The van der Waals surface area contributed by atoms with Crippen molar-refractivity contribution >= 4 is 29.4 Å². The van der Waals surface area contributed by atoms with Gasteiger partial charge in [-0.2, -0.15) is 0 Å². The third-order valence-electron chi connectivity index (χ3n) is 4.00. The largest absolute Gasteiger partial charge is 0.467 e. The zero-order chi connectivity index (χ0) is 20.1. The van der Waals surface area contributed by atoms with E-state index in [9.17, 15) is 9.59 Å². The maximum atomic E-state index is 12.4. The molecule has 0 spiro atoms. The number of carbonyl (C=O) groups is 2. The molecule has 1 aromatic carbocycles. The van der Waals surface area contributed by atoms with Crippen molar-refractivity contribution in [3.05, 3.63) is 59.8 Å². The average molecular weight is 399 g/mol. The molecular weight excluding hydrogens is 378 g/mol. The molecule has 0 aliphatic carbocycles. The molecule has 0 aliphatic rings. The van der Waals surface area contributed by atoms with Gasteiger partial charge in [0.15, 0.2) is 5.16 Å². The van der Waals surface area contributed by atoms with Gasteiger partial charge in [-0.05, 0) is 44.5 Å². The first-order chi connectivity index (χ1) is 13.4. The summed E-state index contributed by atoms with van der Waals surface area (Å²) in [4.78, 5) is 24.5. The molecule has 2 aromatic heterocycles. The topological polar surface area (TPSA) is 102 Å². The number of hydrogen-bond acceptors (Lipinski definition) is 6. The van der Waals surface area contributed by atoms with Crippen LogP contribution in [0.1, 0.15) is 23.8 Å². The number of furan rings is 1. The van der Waals surface area contributed by atoms with Crippen LogP contribution in [0.5, 0.6) is 0 Å². The molecule has 0 radical (unpaired) electrons. The predicted octanol–water partition coefficient (Wildman–Crippen LogP) is 3.37. The minimum absolute atomic E-state index is 0.417. The molecule has 0 aliphatic heterocycles. The van der Waals surface area contributed by atoms with Gasteiger partial charge in [0.2, 0.25) is 5.91 Å². The summed E-state index contributed by atoms with van der Waals surface area (Å²) in [7, 11) is 0. The van der Waals surface area contributed by atoms with E-state index >= 15 is 0 Å². The fraction of sp³-hybridized carbons (Fsp3) is 0.263. The summed E-state index contributed by atoms with van der Waals surface area (Å²) < 4.78 is 7.10. The number of imide groups is 1. The molecule has 3 aromatic rings. The molecular formula is C19H21N5O3S. The maximum absolute atomic E-state index is 12.4. The Balaban J connectivity index is 1.56. The predicted molar refractivity (Wildman–Crippen MR) is 106 cm³/mol. The summed E-state index contributed by atoms with van der Waals surface area (Å²) in [6, 6.07) is 8.75. The number of hydrogen-bond donors (Lipinski definition) is 2. The zero-order valence-electron chi connectivity index (χ0n) is 15.8. The van der Waals surface area contributed by atoms with Crippen molar-refractivity contribution in [2.75, 3.05) is 5.32 Å². The minimum atomic E-state index is -0.568. The first-order valence-corrected chi connectivity index (χ1v) is 9.56.